The lowest BCUT2D eigenvalue weighted by Gasteiger charge is -2.32. The van der Waals surface area contributed by atoms with Gasteiger partial charge >= 0.3 is 0 Å². The summed E-state index contributed by atoms with van der Waals surface area (Å²) in [5, 5.41) is 10.9. The Hall–Kier alpha value is -0.870. The number of aryl methyl sites for hydroxylation is 2. The van der Waals surface area contributed by atoms with E-state index >= 15 is 0 Å². The molecule has 1 fully saturated rings. The Kier molecular flexibility index (Phi) is 4.18. The molecule has 2 rings (SSSR count). The van der Waals surface area contributed by atoms with Gasteiger partial charge in [0.1, 0.15) is 0 Å². The number of aromatic amines is 1. The Morgan fingerprint density at radius 2 is 2.29 bits per heavy atom. The number of hydrogen-bond acceptors (Lipinski definition) is 3. The van der Waals surface area contributed by atoms with Crippen LogP contribution < -0.4 is 5.32 Å². The van der Waals surface area contributed by atoms with E-state index in [9.17, 15) is 0 Å². The minimum atomic E-state index is 0.636. The van der Waals surface area contributed by atoms with Gasteiger partial charge < -0.3 is 10.2 Å². The molecule has 4 nitrogen and oxygen atoms in total. The van der Waals surface area contributed by atoms with E-state index in [1.165, 1.54) is 43.7 Å². The van der Waals surface area contributed by atoms with Crippen LogP contribution in [0.5, 0.6) is 0 Å². The largest absolute Gasteiger partial charge is 0.309 e. The van der Waals surface area contributed by atoms with E-state index in [1.807, 2.05) is 0 Å². The van der Waals surface area contributed by atoms with E-state index in [2.05, 4.69) is 41.2 Å². The molecule has 0 spiro atoms. The highest BCUT2D eigenvalue weighted by Gasteiger charge is 2.18. The quantitative estimate of drug-likeness (QED) is 0.834. The average Bonchev–Trinajstić information content (AvgIpc) is 2.67. The van der Waals surface area contributed by atoms with Gasteiger partial charge in [-0.2, -0.15) is 5.10 Å². The SMILES string of the molecule is CCN1CCC[C@@H](NCc2c(C)n[nH]c2C)C1. The second-order valence-electron chi connectivity index (χ2n) is 5.03. The highest BCUT2D eigenvalue weighted by molar-refractivity contribution is 5.22. The molecule has 4 heteroatoms. The highest BCUT2D eigenvalue weighted by atomic mass is 15.2. The lowest BCUT2D eigenvalue weighted by atomic mass is 10.1. The fraction of sp³-hybridized carbons (Fsp3) is 0.769. The number of nitrogens with zero attached hydrogens (tertiary/aromatic N) is 2. The van der Waals surface area contributed by atoms with Crippen LogP contribution in [0.1, 0.15) is 36.7 Å². The number of likely N-dealkylation sites (N-methyl/N-ethyl adjacent to an activating group) is 1. The maximum atomic E-state index is 4.24. The van der Waals surface area contributed by atoms with Crippen LogP contribution in [0.25, 0.3) is 0 Å². The van der Waals surface area contributed by atoms with Crippen molar-refractivity contribution in [3.8, 4) is 0 Å². The van der Waals surface area contributed by atoms with Gasteiger partial charge in [0, 0.05) is 30.4 Å². The standard InChI is InChI=1S/C13H24N4/c1-4-17-7-5-6-12(9-17)14-8-13-10(2)15-16-11(13)3/h12,14H,4-9H2,1-3H3,(H,15,16)/t12-/m1/s1. The van der Waals surface area contributed by atoms with Crippen molar-refractivity contribution < 1.29 is 0 Å². The summed E-state index contributed by atoms with van der Waals surface area (Å²) in [6.07, 6.45) is 2.61. The van der Waals surface area contributed by atoms with Gasteiger partial charge in [0.05, 0.1) is 5.69 Å². The summed E-state index contributed by atoms with van der Waals surface area (Å²) in [6, 6.07) is 0.636. The summed E-state index contributed by atoms with van der Waals surface area (Å²) >= 11 is 0. The molecule has 2 N–H and O–H groups in total. The molecule has 0 bridgehead atoms. The van der Waals surface area contributed by atoms with Gasteiger partial charge in [-0.05, 0) is 39.8 Å². The van der Waals surface area contributed by atoms with Crippen molar-refractivity contribution in [2.24, 2.45) is 0 Å². The molecule has 2 heterocycles. The van der Waals surface area contributed by atoms with Crippen molar-refractivity contribution in [3.63, 3.8) is 0 Å². The summed E-state index contributed by atoms with van der Waals surface area (Å²) < 4.78 is 0. The lowest BCUT2D eigenvalue weighted by molar-refractivity contribution is 0.198. The molecular weight excluding hydrogens is 212 g/mol. The van der Waals surface area contributed by atoms with Gasteiger partial charge in [-0.15, -0.1) is 0 Å². The van der Waals surface area contributed by atoms with E-state index in [0.717, 1.165) is 12.2 Å². The van der Waals surface area contributed by atoms with Crippen LogP contribution in [-0.2, 0) is 6.54 Å². The molecule has 0 radical (unpaired) electrons. The van der Waals surface area contributed by atoms with Crippen molar-refractivity contribution in [1.29, 1.82) is 0 Å². The molecule has 1 aromatic heterocycles. The number of nitrogens with one attached hydrogen (secondary N) is 2. The number of hydrogen-bond donors (Lipinski definition) is 2. The zero-order valence-electron chi connectivity index (χ0n) is 11.2. The topological polar surface area (TPSA) is 44.0 Å². The van der Waals surface area contributed by atoms with Crippen molar-refractivity contribution in [2.45, 2.75) is 46.2 Å². The summed E-state index contributed by atoms with van der Waals surface area (Å²) in [5.41, 5.74) is 3.65. The fourth-order valence-corrected chi connectivity index (χ4v) is 2.59. The molecule has 17 heavy (non-hydrogen) atoms. The summed E-state index contributed by atoms with van der Waals surface area (Å²) in [4.78, 5) is 2.52. The maximum Gasteiger partial charge on any atom is 0.0638 e. The zero-order valence-corrected chi connectivity index (χ0v) is 11.2. The fourth-order valence-electron chi connectivity index (χ4n) is 2.59. The number of piperidine rings is 1. The van der Waals surface area contributed by atoms with Crippen LogP contribution in [0.15, 0.2) is 0 Å². The van der Waals surface area contributed by atoms with E-state index in [-0.39, 0.29) is 0 Å². The van der Waals surface area contributed by atoms with Crippen LogP contribution in [0, 0.1) is 13.8 Å². The summed E-state index contributed by atoms with van der Waals surface area (Å²) in [6.45, 7) is 11.0. The molecular formula is C13H24N4. The van der Waals surface area contributed by atoms with Crippen molar-refractivity contribution in [1.82, 2.24) is 20.4 Å². The molecule has 0 aromatic carbocycles. The molecule has 0 aliphatic carbocycles. The molecule has 1 aromatic rings. The number of aromatic nitrogens is 2. The van der Waals surface area contributed by atoms with Crippen molar-refractivity contribution in [3.05, 3.63) is 17.0 Å². The van der Waals surface area contributed by atoms with Crippen molar-refractivity contribution >= 4 is 0 Å². The molecule has 1 aliphatic heterocycles. The third kappa shape index (κ3) is 3.07. The second kappa shape index (κ2) is 5.65. The normalized spacial score (nSPS) is 21.9. The Morgan fingerprint density at radius 3 is 2.94 bits per heavy atom. The van der Waals surface area contributed by atoms with E-state index in [0.29, 0.717) is 6.04 Å². The predicted molar refractivity (Wildman–Crippen MR) is 70.0 cm³/mol. The second-order valence-corrected chi connectivity index (χ2v) is 5.03. The molecule has 0 saturated carbocycles. The lowest BCUT2D eigenvalue weighted by Crippen LogP contribution is -2.45. The van der Waals surface area contributed by atoms with Gasteiger partial charge in [-0.3, -0.25) is 5.10 Å². The summed E-state index contributed by atoms with van der Waals surface area (Å²) in [5.74, 6) is 0. The van der Waals surface area contributed by atoms with Crippen LogP contribution in [0.3, 0.4) is 0 Å². The Bertz CT molecular complexity index is 339. The first kappa shape index (κ1) is 12.6. The first-order chi connectivity index (χ1) is 8.20. The van der Waals surface area contributed by atoms with Crippen LogP contribution in [0.2, 0.25) is 0 Å². The molecule has 1 atom stereocenters. The molecule has 0 unspecified atom stereocenters. The van der Waals surface area contributed by atoms with E-state index in [1.54, 1.807) is 0 Å². The first-order valence-electron chi connectivity index (χ1n) is 6.67. The van der Waals surface area contributed by atoms with Gasteiger partial charge in [0.15, 0.2) is 0 Å². The Balaban J connectivity index is 1.86. The minimum absolute atomic E-state index is 0.636. The average molecular weight is 236 g/mol. The summed E-state index contributed by atoms with van der Waals surface area (Å²) in [7, 11) is 0. The Labute approximate surface area is 104 Å². The van der Waals surface area contributed by atoms with Crippen LogP contribution in [0.4, 0.5) is 0 Å². The van der Waals surface area contributed by atoms with Crippen molar-refractivity contribution in [2.75, 3.05) is 19.6 Å². The van der Waals surface area contributed by atoms with Gasteiger partial charge in [-0.1, -0.05) is 6.92 Å². The molecule has 96 valence electrons. The Morgan fingerprint density at radius 1 is 1.47 bits per heavy atom. The smallest absolute Gasteiger partial charge is 0.0638 e. The monoisotopic (exact) mass is 236 g/mol. The van der Waals surface area contributed by atoms with E-state index in [4.69, 9.17) is 0 Å². The predicted octanol–water partition coefficient (Wildman–Crippen LogP) is 1.60. The van der Waals surface area contributed by atoms with Gasteiger partial charge in [-0.25, -0.2) is 0 Å². The zero-order chi connectivity index (χ0) is 12.3. The number of likely N-dealkylation sites (tertiary alicyclic amines) is 1. The van der Waals surface area contributed by atoms with Gasteiger partial charge in [0.25, 0.3) is 0 Å². The highest BCUT2D eigenvalue weighted by Crippen LogP contribution is 2.13. The van der Waals surface area contributed by atoms with Gasteiger partial charge in [0.2, 0.25) is 0 Å². The number of rotatable bonds is 4. The third-order valence-corrected chi connectivity index (χ3v) is 3.80. The molecule has 1 aliphatic rings. The van der Waals surface area contributed by atoms with Crippen LogP contribution >= 0.6 is 0 Å². The molecule has 0 amide bonds. The van der Waals surface area contributed by atoms with Crippen LogP contribution in [-0.4, -0.2) is 40.8 Å². The van der Waals surface area contributed by atoms with E-state index < -0.39 is 0 Å². The minimum Gasteiger partial charge on any atom is -0.309 e. The number of H-pyrrole nitrogens is 1. The third-order valence-electron chi connectivity index (χ3n) is 3.80. The first-order valence-corrected chi connectivity index (χ1v) is 6.67. The maximum absolute atomic E-state index is 4.24. The molecule has 1 saturated heterocycles.